The van der Waals surface area contributed by atoms with Crippen LogP contribution in [0.1, 0.15) is 29.8 Å². The third-order valence-corrected chi connectivity index (χ3v) is 3.60. The molecule has 0 aromatic heterocycles. The van der Waals surface area contributed by atoms with E-state index >= 15 is 0 Å². The summed E-state index contributed by atoms with van der Waals surface area (Å²) in [6, 6.07) is 6.44. The Morgan fingerprint density at radius 2 is 1.96 bits per heavy atom. The second-order valence-electron chi connectivity index (χ2n) is 5.76. The van der Waals surface area contributed by atoms with Crippen LogP contribution in [0.15, 0.2) is 24.3 Å². The van der Waals surface area contributed by atoms with Crippen molar-refractivity contribution in [3.63, 3.8) is 0 Å². The fourth-order valence-corrected chi connectivity index (χ4v) is 2.38. The summed E-state index contributed by atoms with van der Waals surface area (Å²) in [5.74, 6) is -0.101. The highest BCUT2D eigenvalue weighted by atomic mass is 19.4. The molecule has 0 bridgehead atoms. The highest BCUT2D eigenvalue weighted by Crippen LogP contribution is 2.18. The highest BCUT2D eigenvalue weighted by molar-refractivity contribution is 5.94. The van der Waals surface area contributed by atoms with Crippen LogP contribution in [0.25, 0.3) is 0 Å². The molecule has 2 atom stereocenters. The molecule has 1 aromatic carbocycles. The third kappa shape index (κ3) is 5.21. The van der Waals surface area contributed by atoms with Crippen molar-refractivity contribution in [1.82, 2.24) is 4.90 Å². The van der Waals surface area contributed by atoms with Crippen molar-refractivity contribution in [3.8, 4) is 0 Å². The molecular formula is C16H20F3NO3. The Kier molecular flexibility index (Phi) is 5.64. The Morgan fingerprint density at radius 3 is 2.57 bits per heavy atom. The van der Waals surface area contributed by atoms with Crippen LogP contribution in [0, 0.1) is 0 Å². The monoisotopic (exact) mass is 331 g/mol. The van der Waals surface area contributed by atoms with Gasteiger partial charge in [0, 0.05) is 12.1 Å². The topological polar surface area (TPSA) is 38.8 Å². The molecule has 1 aliphatic rings. The molecule has 1 fully saturated rings. The van der Waals surface area contributed by atoms with Crippen LogP contribution in [-0.4, -0.2) is 48.9 Å². The van der Waals surface area contributed by atoms with Gasteiger partial charge in [-0.15, -0.1) is 0 Å². The van der Waals surface area contributed by atoms with Gasteiger partial charge in [-0.05, 0) is 31.5 Å². The van der Waals surface area contributed by atoms with Crippen LogP contribution in [0.4, 0.5) is 13.2 Å². The van der Waals surface area contributed by atoms with Gasteiger partial charge in [-0.3, -0.25) is 4.79 Å². The maximum atomic E-state index is 12.5. The smallest absolute Gasteiger partial charge is 0.375 e. The predicted molar refractivity (Wildman–Crippen MR) is 78.1 cm³/mol. The zero-order valence-corrected chi connectivity index (χ0v) is 13.1. The minimum Gasteiger partial charge on any atom is -0.375 e. The van der Waals surface area contributed by atoms with Gasteiger partial charge in [0.25, 0.3) is 5.91 Å². The molecule has 7 heteroatoms. The van der Waals surface area contributed by atoms with Crippen molar-refractivity contribution < 1.29 is 27.4 Å². The number of hydrogen-bond acceptors (Lipinski definition) is 3. The number of rotatable bonds is 4. The number of alkyl halides is 3. The predicted octanol–water partition coefficient (Wildman–Crippen LogP) is 3.01. The van der Waals surface area contributed by atoms with Crippen LogP contribution in [0.2, 0.25) is 0 Å². The van der Waals surface area contributed by atoms with E-state index in [0.29, 0.717) is 24.3 Å². The molecule has 1 heterocycles. The van der Waals surface area contributed by atoms with Gasteiger partial charge in [0.15, 0.2) is 0 Å². The molecule has 1 aromatic rings. The van der Waals surface area contributed by atoms with E-state index in [2.05, 4.69) is 4.74 Å². The highest BCUT2D eigenvalue weighted by Gasteiger charge is 2.28. The molecule has 0 saturated carbocycles. The minimum atomic E-state index is -4.33. The van der Waals surface area contributed by atoms with Crippen molar-refractivity contribution in [2.24, 2.45) is 0 Å². The first-order valence-electron chi connectivity index (χ1n) is 7.42. The van der Waals surface area contributed by atoms with E-state index in [0.717, 1.165) is 0 Å². The summed E-state index contributed by atoms with van der Waals surface area (Å²) in [7, 11) is 0. The Hall–Kier alpha value is -1.60. The first kappa shape index (κ1) is 17.7. The second kappa shape index (κ2) is 7.31. The number of carbonyl (C=O) groups is 1. The van der Waals surface area contributed by atoms with Crippen molar-refractivity contribution in [3.05, 3.63) is 35.4 Å². The summed E-state index contributed by atoms with van der Waals surface area (Å²) < 4.78 is 46.1. The average molecular weight is 331 g/mol. The van der Waals surface area contributed by atoms with E-state index in [4.69, 9.17) is 4.74 Å². The fourth-order valence-electron chi connectivity index (χ4n) is 2.38. The van der Waals surface area contributed by atoms with Crippen LogP contribution < -0.4 is 0 Å². The van der Waals surface area contributed by atoms with Crippen LogP contribution in [0.5, 0.6) is 0 Å². The van der Waals surface area contributed by atoms with E-state index in [1.165, 1.54) is 0 Å². The van der Waals surface area contributed by atoms with E-state index < -0.39 is 12.8 Å². The Labute approximate surface area is 133 Å². The minimum absolute atomic E-state index is 0.00602. The average Bonchev–Trinajstić information content (AvgIpc) is 2.48. The zero-order valence-electron chi connectivity index (χ0n) is 13.1. The second-order valence-corrected chi connectivity index (χ2v) is 5.76. The van der Waals surface area contributed by atoms with Gasteiger partial charge in [-0.2, -0.15) is 13.2 Å². The van der Waals surface area contributed by atoms with Crippen molar-refractivity contribution in [2.75, 3.05) is 19.8 Å². The number of amides is 1. The molecule has 0 unspecified atom stereocenters. The molecule has 1 amide bonds. The van der Waals surface area contributed by atoms with Crippen LogP contribution in [0.3, 0.4) is 0 Å². The lowest BCUT2D eigenvalue weighted by atomic mass is 10.1. The maximum absolute atomic E-state index is 12.5. The number of nitrogens with zero attached hydrogens (tertiary/aromatic N) is 1. The molecule has 0 radical (unpaired) electrons. The normalized spacial score (nSPS) is 22.2. The van der Waals surface area contributed by atoms with Gasteiger partial charge < -0.3 is 14.4 Å². The summed E-state index contributed by atoms with van der Waals surface area (Å²) in [6.45, 7) is 3.43. The van der Waals surface area contributed by atoms with E-state index in [9.17, 15) is 18.0 Å². The van der Waals surface area contributed by atoms with Crippen molar-refractivity contribution >= 4 is 5.91 Å². The first-order chi connectivity index (χ1) is 10.8. The third-order valence-electron chi connectivity index (χ3n) is 3.60. The Bertz CT molecular complexity index is 530. The molecule has 23 heavy (non-hydrogen) atoms. The quantitative estimate of drug-likeness (QED) is 0.851. The van der Waals surface area contributed by atoms with E-state index in [-0.39, 0.29) is 24.7 Å². The van der Waals surface area contributed by atoms with Gasteiger partial charge in [0.05, 0.1) is 25.4 Å². The summed E-state index contributed by atoms with van der Waals surface area (Å²) in [6.07, 6.45) is -4.34. The molecule has 2 rings (SSSR count). The van der Waals surface area contributed by atoms with Crippen molar-refractivity contribution in [1.29, 1.82) is 0 Å². The molecule has 4 nitrogen and oxygen atoms in total. The summed E-state index contributed by atoms with van der Waals surface area (Å²) >= 11 is 0. The number of benzene rings is 1. The number of carbonyl (C=O) groups excluding carboxylic acids is 1. The van der Waals surface area contributed by atoms with Crippen molar-refractivity contribution in [2.45, 2.75) is 38.8 Å². The largest absolute Gasteiger partial charge is 0.411 e. The molecule has 0 N–H and O–H groups in total. The van der Waals surface area contributed by atoms with Gasteiger partial charge in [-0.1, -0.05) is 12.1 Å². The lowest BCUT2D eigenvalue weighted by molar-refractivity contribution is -0.176. The SMILES string of the molecule is C[C@@H]1CN(C(=O)c2ccc(COCC(F)(F)F)cc2)[C@@H](C)CO1. The number of ether oxygens (including phenoxy) is 2. The lowest BCUT2D eigenvalue weighted by Crippen LogP contribution is -2.50. The van der Waals surface area contributed by atoms with Gasteiger partial charge in [-0.25, -0.2) is 0 Å². The molecule has 1 saturated heterocycles. The molecular weight excluding hydrogens is 311 g/mol. The maximum Gasteiger partial charge on any atom is 0.411 e. The van der Waals surface area contributed by atoms with Gasteiger partial charge in [0.1, 0.15) is 6.61 Å². The Morgan fingerprint density at radius 1 is 1.30 bits per heavy atom. The van der Waals surface area contributed by atoms with Gasteiger partial charge in [0.2, 0.25) is 0 Å². The Balaban J connectivity index is 1.94. The zero-order chi connectivity index (χ0) is 17.0. The van der Waals surface area contributed by atoms with Crippen LogP contribution >= 0.6 is 0 Å². The first-order valence-corrected chi connectivity index (χ1v) is 7.42. The molecule has 1 aliphatic heterocycles. The summed E-state index contributed by atoms with van der Waals surface area (Å²) in [5.41, 5.74) is 1.10. The molecule has 0 aliphatic carbocycles. The fraction of sp³-hybridized carbons (Fsp3) is 0.562. The number of hydrogen-bond donors (Lipinski definition) is 0. The standard InChI is InChI=1S/C16H20F3NO3/c1-11-8-23-12(2)7-20(11)15(21)14-5-3-13(4-6-14)9-22-10-16(17,18)19/h3-6,11-12H,7-10H2,1-2H3/t11-,12+/m0/s1. The number of halogens is 3. The van der Waals surface area contributed by atoms with E-state index in [1.807, 2.05) is 13.8 Å². The number of morpholine rings is 1. The molecule has 0 spiro atoms. The molecule has 128 valence electrons. The van der Waals surface area contributed by atoms with Crippen LogP contribution in [-0.2, 0) is 16.1 Å². The summed E-state index contributed by atoms with van der Waals surface area (Å²) in [4.78, 5) is 14.3. The lowest BCUT2D eigenvalue weighted by Gasteiger charge is -2.36. The summed E-state index contributed by atoms with van der Waals surface area (Å²) in [5, 5.41) is 0. The van der Waals surface area contributed by atoms with E-state index in [1.54, 1.807) is 29.2 Å². The van der Waals surface area contributed by atoms with Gasteiger partial charge >= 0.3 is 6.18 Å².